The maximum absolute atomic E-state index is 12.0. The van der Waals surface area contributed by atoms with E-state index in [9.17, 15) is 8.42 Å². The van der Waals surface area contributed by atoms with Gasteiger partial charge in [0.1, 0.15) is 0 Å². The highest BCUT2D eigenvalue weighted by Crippen LogP contribution is 2.26. The van der Waals surface area contributed by atoms with Crippen molar-refractivity contribution < 1.29 is 8.42 Å². The van der Waals surface area contributed by atoms with E-state index in [0.29, 0.717) is 5.92 Å². The fourth-order valence-corrected chi connectivity index (χ4v) is 4.57. The number of hydrogen-bond acceptors (Lipinski definition) is 4. The molecule has 0 spiro atoms. The highest BCUT2D eigenvalue weighted by Gasteiger charge is 2.26. The minimum Gasteiger partial charge on any atom is -0.385 e. The van der Waals surface area contributed by atoms with E-state index in [1.165, 1.54) is 5.69 Å². The Morgan fingerprint density at radius 2 is 1.65 bits per heavy atom. The van der Waals surface area contributed by atoms with Gasteiger partial charge in [0.25, 0.3) is 0 Å². The number of nitrogens with zero attached hydrogens (tertiary/aromatic N) is 1. The summed E-state index contributed by atoms with van der Waals surface area (Å²) in [5, 5.41) is 3.18. The minimum atomic E-state index is -3.16. The average Bonchev–Trinajstić information content (AvgIpc) is 3.16. The zero-order chi connectivity index (χ0) is 18.6. The number of hydrogen-bond donors (Lipinski definition) is 2. The molecule has 0 radical (unpaired) electrons. The molecule has 144 valence electrons. The van der Waals surface area contributed by atoms with Crippen molar-refractivity contribution >= 4 is 21.4 Å². The van der Waals surface area contributed by atoms with Gasteiger partial charge in [0.05, 0.1) is 5.25 Å². The van der Waals surface area contributed by atoms with Crippen molar-refractivity contribution in [2.24, 2.45) is 5.92 Å². The van der Waals surface area contributed by atoms with Crippen LogP contribution in [0.2, 0.25) is 0 Å². The summed E-state index contributed by atoms with van der Waals surface area (Å²) in [5.74, 6) is 0.609. The summed E-state index contributed by atoms with van der Waals surface area (Å²) >= 11 is 0. The SMILES string of the molecule is CC(C)S(=O)(=O)NC1CCC(CNc2ccc(N3CC=CC3)cc2)CC1. The van der Waals surface area contributed by atoms with Crippen LogP contribution in [0.4, 0.5) is 11.4 Å². The summed E-state index contributed by atoms with van der Waals surface area (Å²) < 4.78 is 26.8. The van der Waals surface area contributed by atoms with E-state index in [4.69, 9.17) is 0 Å². The molecule has 0 unspecified atom stereocenters. The highest BCUT2D eigenvalue weighted by atomic mass is 32.2. The van der Waals surface area contributed by atoms with Gasteiger partial charge in [-0.05, 0) is 69.7 Å². The molecule has 1 aromatic rings. The molecular weight excluding hydrogens is 346 g/mol. The van der Waals surface area contributed by atoms with Crippen molar-refractivity contribution in [1.82, 2.24) is 4.72 Å². The van der Waals surface area contributed by atoms with Gasteiger partial charge in [-0.3, -0.25) is 0 Å². The van der Waals surface area contributed by atoms with Crippen LogP contribution >= 0.6 is 0 Å². The van der Waals surface area contributed by atoms with Crippen LogP contribution in [0.25, 0.3) is 0 Å². The molecule has 5 nitrogen and oxygen atoms in total. The van der Waals surface area contributed by atoms with Crippen LogP contribution in [-0.2, 0) is 10.0 Å². The van der Waals surface area contributed by atoms with E-state index in [0.717, 1.165) is 51.0 Å². The van der Waals surface area contributed by atoms with Crippen LogP contribution in [-0.4, -0.2) is 39.3 Å². The van der Waals surface area contributed by atoms with E-state index in [1.807, 2.05) is 0 Å². The Kier molecular flexibility index (Phi) is 6.24. The van der Waals surface area contributed by atoms with Gasteiger partial charge in [-0.15, -0.1) is 0 Å². The monoisotopic (exact) mass is 377 g/mol. The molecule has 0 amide bonds. The van der Waals surface area contributed by atoms with Crippen LogP contribution in [0.15, 0.2) is 36.4 Å². The van der Waals surface area contributed by atoms with Crippen LogP contribution in [0.1, 0.15) is 39.5 Å². The van der Waals surface area contributed by atoms with Crippen molar-refractivity contribution in [3.63, 3.8) is 0 Å². The zero-order valence-electron chi connectivity index (χ0n) is 15.8. The lowest BCUT2D eigenvalue weighted by Gasteiger charge is -2.29. The molecule has 1 aliphatic carbocycles. The van der Waals surface area contributed by atoms with Crippen molar-refractivity contribution in [3.8, 4) is 0 Å². The van der Waals surface area contributed by atoms with Crippen LogP contribution < -0.4 is 14.9 Å². The van der Waals surface area contributed by atoms with Crippen molar-refractivity contribution in [1.29, 1.82) is 0 Å². The maximum atomic E-state index is 12.0. The van der Waals surface area contributed by atoms with Crippen molar-refractivity contribution in [2.45, 2.75) is 50.8 Å². The first-order valence-electron chi connectivity index (χ1n) is 9.69. The maximum Gasteiger partial charge on any atom is 0.214 e. The highest BCUT2D eigenvalue weighted by molar-refractivity contribution is 7.90. The fraction of sp³-hybridized carbons (Fsp3) is 0.600. The third-order valence-corrected chi connectivity index (χ3v) is 7.35. The van der Waals surface area contributed by atoms with Crippen molar-refractivity contribution in [3.05, 3.63) is 36.4 Å². The summed E-state index contributed by atoms with van der Waals surface area (Å²) in [4.78, 5) is 2.34. The second kappa shape index (κ2) is 8.44. The van der Waals surface area contributed by atoms with Gasteiger partial charge in [-0.25, -0.2) is 13.1 Å². The Bertz CT molecular complexity index is 697. The van der Waals surface area contributed by atoms with Gasteiger partial charge in [-0.1, -0.05) is 12.2 Å². The fourth-order valence-electron chi connectivity index (χ4n) is 3.59. The first kappa shape index (κ1) is 19.2. The molecule has 1 aliphatic heterocycles. The lowest BCUT2D eigenvalue weighted by molar-refractivity contribution is 0.323. The molecule has 1 fully saturated rings. The Hall–Kier alpha value is -1.53. The van der Waals surface area contributed by atoms with Gasteiger partial charge in [0.2, 0.25) is 10.0 Å². The van der Waals surface area contributed by atoms with Crippen LogP contribution in [0, 0.1) is 5.92 Å². The third-order valence-electron chi connectivity index (χ3n) is 5.44. The predicted octanol–water partition coefficient (Wildman–Crippen LogP) is 3.36. The smallest absolute Gasteiger partial charge is 0.214 e. The Morgan fingerprint density at radius 3 is 2.23 bits per heavy atom. The molecule has 2 aliphatic rings. The molecular formula is C20H31N3O2S. The molecule has 1 heterocycles. The van der Waals surface area contributed by atoms with Crippen LogP contribution in [0.5, 0.6) is 0 Å². The molecule has 1 aromatic carbocycles. The summed E-state index contributed by atoms with van der Waals surface area (Å²) in [5.41, 5.74) is 2.42. The Labute approximate surface area is 157 Å². The lowest BCUT2D eigenvalue weighted by Crippen LogP contribution is -2.41. The lowest BCUT2D eigenvalue weighted by atomic mass is 9.86. The number of nitrogens with one attached hydrogen (secondary N) is 2. The second-order valence-electron chi connectivity index (χ2n) is 7.73. The molecule has 6 heteroatoms. The summed E-state index contributed by atoms with van der Waals surface area (Å²) in [7, 11) is -3.16. The third kappa shape index (κ3) is 5.01. The normalized spacial score (nSPS) is 23.6. The van der Waals surface area contributed by atoms with Gasteiger partial charge in [0, 0.05) is 37.1 Å². The topological polar surface area (TPSA) is 61.4 Å². The second-order valence-corrected chi connectivity index (χ2v) is 10.0. The molecule has 0 saturated heterocycles. The van der Waals surface area contributed by atoms with E-state index >= 15 is 0 Å². The molecule has 0 atom stereocenters. The zero-order valence-corrected chi connectivity index (χ0v) is 16.6. The number of rotatable bonds is 7. The van der Waals surface area contributed by atoms with Gasteiger partial charge in [0.15, 0.2) is 0 Å². The first-order valence-corrected chi connectivity index (χ1v) is 11.2. The average molecular weight is 378 g/mol. The first-order chi connectivity index (χ1) is 12.4. The number of anilines is 2. The summed E-state index contributed by atoms with van der Waals surface area (Å²) in [6.07, 6.45) is 8.39. The Morgan fingerprint density at radius 1 is 1.04 bits per heavy atom. The number of benzene rings is 1. The Balaban J connectivity index is 1.41. The molecule has 0 aromatic heterocycles. The van der Waals surface area contributed by atoms with E-state index in [-0.39, 0.29) is 11.3 Å². The molecule has 3 rings (SSSR count). The largest absolute Gasteiger partial charge is 0.385 e. The van der Waals surface area contributed by atoms with E-state index in [2.05, 4.69) is 51.4 Å². The van der Waals surface area contributed by atoms with Crippen LogP contribution in [0.3, 0.4) is 0 Å². The van der Waals surface area contributed by atoms with E-state index < -0.39 is 10.0 Å². The van der Waals surface area contributed by atoms with Gasteiger partial charge >= 0.3 is 0 Å². The van der Waals surface area contributed by atoms with E-state index in [1.54, 1.807) is 13.8 Å². The minimum absolute atomic E-state index is 0.104. The van der Waals surface area contributed by atoms with Gasteiger partial charge < -0.3 is 10.2 Å². The van der Waals surface area contributed by atoms with Crippen molar-refractivity contribution in [2.75, 3.05) is 29.9 Å². The van der Waals surface area contributed by atoms with Gasteiger partial charge in [-0.2, -0.15) is 0 Å². The summed E-state index contributed by atoms with van der Waals surface area (Å²) in [6.45, 7) is 6.40. The number of sulfonamides is 1. The standard InChI is InChI=1S/C20H31N3O2S/c1-16(2)26(24,25)22-19-7-5-17(6-8-19)15-21-18-9-11-20(12-10-18)23-13-3-4-14-23/h3-4,9-12,16-17,19,21-22H,5-8,13-15H2,1-2H3. The summed E-state index contributed by atoms with van der Waals surface area (Å²) in [6, 6.07) is 8.75. The molecule has 0 bridgehead atoms. The quantitative estimate of drug-likeness (QED) is 0.715. The predicted molar refractivity (Wildman–Crippen MR) is 109 cm³/mol. The molecule has 1 saturated carbocycles. The molecule has 2 N–H and O–H groups in total. The molecule has 26 heavy (non-hydrogen) atoms.